The van der Waals surface area contributed by atoms with E-state index in [0.29, 0.717) is 11.3 Å². The van der Waals surface area contributed by atoms with Crippen molar-refractivity contribution in [1.82, 2.24) is 24.7 Å². The van der Waals surface area contributed by atoms with Crippen molar-refractivity contribution in [2.24, 2.45) is 12.5 Å². The number of hydrogen-bond donors (Lipinski definition) is 0. The molecule has 2 fully saturated rings. The predicted molar refractivity (Wildman–Crippen MR) is 98.6 cm³/mol. The highest BCUT2D eigenvalue weighted by molar-refractivity contribution is 7.18. The summed E-state index contributed by atoms with van der Waals surface area (Å²) in [5, 5.41) is 6.64. The van der Waals surface area contributed by atoms with E-state index in [1.54, 1.807) is 16.0 Å². The van der Waals surface area contributed by atoms with Gasteiger partial charge in [0.2, 0.25) is 0 Å². The Morgan fingerprint density at radius 1 is 1.20 bits per heavy atom. The Bertz CT molecular complexity index is 1130. The summed E-state index contributed by atoms with van der Waals surface area (Å²) in [6.45, 7) is 0. The van der Waals surface area contributed by atoms with Crippen molar-refractivity contribution in [1.29, 1.82) is 0 Å². The number of aromatic nitrogens is 5. The van der Waals surface area contributed by atoms with Crippen LogP contribution in [-0.2, 0) is 7.05 Å². The maximum atomic E-state index is 4.86. The summed E-state index contributed by atoms with van der Waals surface area (Å²) < 4.78 is 1.79. The first-order valence-electron chi connectivity index (χ1n) is 8.75. The molecule has 4 aromatic rings. The van der Waals surface area contributed by atoms with Crippen molar-refractivity contribution in [2.45, 2.75) is 31.6 Å². The van der Waals surface area contributed by atoms with Gasteiger partial charge in [0.05, 0.1) is 10.7 Å². The summed E-state index contributed by atoms with van der Waals surface area (Å²) in [7, 11) is 1.91. The molecule has 0 bridgehead atoms. The molecule has 5 nitrogen and oxygen atoms in total. The van der Waals surface area contributed by atoms with Crippen molar-refractivity contribution in [3.63, 3.8) is 0 Å². The minimum Gasteiger partial charge on any atom is -0.273 e. The van der Waals surface area contributed by atoms with Gasteiger partial charge in [0.1, 0.15) is 10.3 Å². The fraction of sp³-hybridized carbons (Fsp3) is 0.368. The Morgan fingerprint density at radius 3 is 2.92 bits per heavy atom. The number of hydrogen-bond acceptors (Lipinski definition) is 5. The Balaban J connectivity index is 1.38. The Kier molecular flexibility index (Phi) is 2.58. The zero-order valence-electron chi connectivity index (χ0n) is 13.9. The molecule has 0 saturated heterocycles. The van der Waals surface area contributed by atoms with E-state index in [0.717, 1.165) is 32.6 Å². The molecule has 6 heteroatoms. The van der Waals surface area contributed by atoms with Crippen LogP contribution in [0.15, 0.2) is 30.6 Å². The highest BCUT2D eigenvalue weighted by atomic mass is 32.1. The van der Waals surface area contributed by atoms with E-state index in [1.807, 2.05) is 25.5 Å². The zero-order valence-corrected chi connectivity index (χ0v) is 14.8. The molecule has 6 rings (SSSR count). The molecule has 0 aliphatic heterocycles. The number of nitrogens with zero attached hydrogens (tertiary/aromatic N) is 5. The Morgan fingerprint density at radius 2 is 2.08 bits per heavy atom. The molecular weight excluding hydrogens is 330 g/mol. The average molecular weight is 347 g/mol. The minimum atomic E-state index is 0.665. The molecule has 25 heavy (non-hydrogen) atoms. The molecule has 0 amide bonds. The van der Waals surface area contributed by atoms with Crippen LogP contribution in [0.5, 0.6) is 0 Å². The molecule has 4 aromatic heterocycles. The van der Waals surface area contributed by atoms with Crippen LogP contribution < -0.4 is 0 Å². The summed E-state index contributed by atoms with van der Waals surface area (Å²) in [6, 6.07) is 6.25. The van der Waals surface area contributed by atoms with Gasteiger partial charge in [-0.05, 0) is 49.3 Å². The third kappa shape index (κ3) is 2.13. The van der Waals surface area contributed by atoms with Crippen LogP contribution in [0.3, 0.4) is 0 Å². The van der Waals surface area contributed by atoms with Crippen LogP contribution in [0.25, 0.3) is 32.6 Å². The van der Waals surface area contributed by atoms with Crippen LogP contribution in [0.4, 0.5) is 0 Å². The lowest BCUT2D eigenvalue weighted by atomic mass is 9.72. The number of rotatable bonds is 2. The van der Waals surface area contributed by atoms with Crippen molar-refractivity contribution in [3.8, 4) is 11.3 Å². The molecule has 0 unspecified atom stereocenters. The third-order valence-electron chi connectivity index (χ3n) is 5.71. The van der Waals surface area contributed by atoms with Gasteiger partial charge in [-0.2, -0.15) is 5.10 Å². The van der Waals surface area contributed by atoms with Gasteiger partial charge < -0.3 is 0 Å². The van der Waals surface area contributed by atoms with Gasteiger partial charge in [0, 0.05) is 36.3 Å². The molecule has 0 N–H and O–H groups in total. The van der Waals surface area contributed by atoms with Crippen LogP contribution in [0.2, 0.25) is 0 Å². The quantitative estimate of drug-likeness (QED) is 0.542. The monoisotopic (exact) mass is 347 g/mol. The van der Waals surface area contributed by atoms with Crippen molar-refractivity contribution in [2.75, 3.05) is 0 Å². The predicted octanol–water partition coefficient (Wildman–Crippen LogP) is 4.30. The normalized spacial score (nSPS) is 18.9. The van der Waals surface area contributed by atoms with Gasteiger partial charge >= 0.3 is 0 Å². The van der Waals surface area contributed by atoms with Crippen LogP contribution in [0.1, 0.15) is 36.6 Å². The fourth-order valence-corrected chi connectivity index (χ4v) is 5.12. The summed E-state index contributed by atoms with van der Waals surface area (Å²) in [5.41, 5.74) is 4.49. The molecule has 0 radical (unpaired) electrons. The van der Waals surface area contributed by atoms with E-state index >= 15 is 0 Å². The zero-order chi connectivity index (χ0) is 16.6. The van der Waals surface area contributed by atoms with E-state index in [2.05, 4.69) is 22.2 Å². The molecule has 0 aromatic carbocycles. The van der Waals surface area contributed by atoms with E-state index in [1.165, 1.54) is 30.7 Å². The van der Waals surface area contributed by atoms with Gasteiger partial charge in [0.15, 0.2) is 5.65 Å². The lowest BCUT2D eigenvalue weighted by Gasteiger charge is -2.34. The molecule has 124 valence electrons. The Labute approximate surface area is 148 Å². The molecule has 2 aliphatic rings. The molecule has 2 saturated carbocycles. The lowest BCUT2D eigenvalue weighted by Crippen LogP contribution is -2.22. The largest absolute Gasteiger partial charge is 0.273 e. The van der Waals surface area contributed by atoms with Crippen LogP contribution in [-0.4, -0.2) is 24.7 Å². The first-order valence-corrected chi connectivity index (χ1v) is 9.56. The van der Waals surface area contributed by atoms with Crippen LogP contribution >= 0.6 is 11.3 Å². The fourth-order valence-electron chi connectivity index (χ4n) is 4.09. The van der Waals surface area contributed by atoms with Crippen molar-refractivity contribution >= 4 is 32.7 Å². The highest BCUT2D eigenvalue weighted by Gasteiger charge is 2.53. The van der Waals surface area contributed by atoms with E-state index < -0.39 is 0 Å². The van der Waals surface area contributed by atoms with E-state index in [-0.39, 0.29) is 0 Å². The van der Waals surface area contributed by atoms with E-state index in [9.17, 15) is 0 Å². The van der Waals surface area contributed by atoms with Gasteiger partial charge in [-0.1, -0.05) is 11.3 Å². The smallest absolute Gasteiger partial charge is 0.181 e. The Hall–Kier alpha value is -2.34. The van der Waals surface area contributed by atoms with Crippen molar-refractivity contribution < 1.29 is 0 Å². The standard InChI is InChI=1S/C19H17N5S/c1-24-10-12-6-11(9-20-16(12)23-24)14-2-3-15-18(21-14)25-17(22-15)13-7-19(8-13)4-5-19/h2-3,6,9-10,13H,4-5,7-8H2,1H3. The third-order valence-corrected chi connectivity index (χ3v) is 6.83. The summed E-state index contributed by atoms with van der Waals surface area (Å²) in [6.07, 6.45) is 9.37. The van der Waals surface area contributed by atoms with Gasteiger partial charge in [0.25, 0.3) is 0 Å². The molecule has 0 atom stereocenters. The summed E-state index contributed by atoms with van der Waals surface area (Å²) in [5.74, 6) is 0.665. The first kappa shape index (κ1) is 13.9. The van der Waals surface area contributed by atoms with Gasteiger partial charge in [-0.3, -0.25) is 4.68 Å². The van der Waals surface area contributed by atoms with Gasteiger partial charge in [-0.25, -0.2) is 15.0 Å². The minimum absolute atomic E-state index is 0.665. The second-order valence-electron chi connectivity index (χ2n) is 7.62. The lowest BCUT2D eigenvalue weighted by molar-refractivity contribution is 0.237. The molecule has 1 spiro atoms. The molecular formula is C19H17N5S. The second-order valence-corrected chi connectivity index (χ2v) is 8.63. The maximum Gasteiger partial charge on any atom is 0.181 e. The number of pyridine rings is 2. The van der Waals surface area contributed by atoms with Crippen molar-refractivity contribution in [3.05, 3.63) is 35.6 Å². The highest BCUT2D eigenvalue weighted by Crippen LogP contribution is 2.66. The first-order chi connectivity index (χ1) is 12.2. The van der Waals surface area contributed by atoms with Gasteiger partial charge in [-0.15, -0.1) is 0 Å². The second kappa shape index (κ2) is 4.64. The topological polar surface area (TPSA) is 56.5 Å². The number of thiazole rings is 1. The summed E-state index contributed by atoms with van der Waals surface area (Å²) in [4.78, 5) is 15.2. The van der Waals surface area contributed by atoms with E-state index in [4.69, 9.17) is 9.97 Å². The molecule has 2 aliphatic carbocycles. The average Bonchev–Trinajstić information content (AvgIpc) is 3.13. The number of fused-ring (bicyclic) bond motifs is 2. The summed E-state index contributed by atoms with van der Waals surface area (Å²) >= 11 is 1.77. The molecule has 4 heterocycles. The van der Waals surface area contributed by atoms with Crippen LogP contribution in [0, 0.1) is 5.41 Å². The maximum absolute atomic E-state index is 4.86. The SMILES string of the molecule is Cn1cc2cc(-c3ccc4nc(C5CC6(CC6)C5)sc4n3)cnc2n1. The number of aryl methyl sites for hydroxylation is 1.